The first kappa shape index (κ1) is 10.2. The normalized spacial score (nSPS) is 27.0. The molecule has 2 aliphatic rings. The van der Waals surface area contributed by atoms with Crippen molar-refractivity contribution >= 4 is 0 Å². The first-order chi connectivity index (χ1) is 7.71. The molecule has 16 heavy (non-hydrogen) atoms. The molecule has 0 bridgehead atoms. The average Bonchev–Trinajstić information content (AvgIpc) is 2.55. The van der Waals surface area contributed by atoms with Gasteiger partial charge in [0.25, 0.3) is 0 Å². The maximum absolute atomic E-state index is 13.2. The van der Waals surface area contributed by atoms with Crippen LogP contribution in [0.15, 0.2) is 12.3 Å². The molecule has 0 amide bonds. The number of rotatable bonds is 0. The molecule has 0 aromatic carbocycles. The third-order valence-electron chi connectivity index (χ3n) is 4.08. The molecule has 1 saturated heterocycles. The van der Waals surface area contributed by atoms with Crippen molar-refractivity contribution < 1.29 is 4.39 Å². The SMILES string of the molecule is NC1c2cc(F)cnc2CC12CCNCC2. The largest absolute Gasteiger partial charge is 0.323 e. The number of piperidine rings is 1. The lowest BCUT2D eigenvalue weighted by atomic mass is 9.74. The maximum atomic E-state index is 13.2. The van der Waals surface area contributed by atoms with E-state index in [2.05, 4.69) is 10.3 Å². The van der Waals surface area contributed by atoms with Gasteiger partial charge in [-0.05, 0) is 49.4 Å². The van der Waals surface area contributed by atoms with Gasteiger partial charge in [0, 0.05) is 11.7 Å². The molecule has 3 rings (SSSR count). The highest BCUT2D eigenvalue weighted by Gasteiger charge is 2.45. The summed E-state index contributed by atoms with van der Waals surface area (Å²) in [7, 11) is 0. The number of nitrogens with one attached hydrogen (secondary N) is 1. The average molecular weight is 221 g/mol. The maximum Gasteiger partial charge on any atom is 0.141 e. The van der Waals surface area contributed by atoms with Crippen molar-refractivity contribution in [1.29, 1.82) is 0 Å². The lowest BCUT2D eigenvalue weighted by molar-refractivity contribution is 0.173. The highest BCUT2D eigenvalue weighted by atomic mass is 19.1. The van der Waals surface area contributed by atoms with Crippen LogP contribution in [-0.4, -0.2) is 18.1 Å². The van der Waals surface area contributed by atoms with E-state index < -0.39 is 0 Å². The molecular weight excluding hydrogens is 205 g/mol. The predicted molar refractivity (Wildman–Crippen MR) is 59.4 cm³/mol. The molecule has 86 valence electrons. The first-order valence-electron chi connectivity index (χ1n) is 5.82. The van der Waals surface area contributed by atoms with Gasteiger partial charge in [-0.25, -0.2) is 4.39 Å². The van der Waals surface area contributed by atoms with Crippen molar-refractivity contribution in [1.82, 2.24) is 10.3 Å². The number of nitrogens with two attached hydrogens (primary N) is 1. The van der Waals surface area contributed by atoms with Crippen molar-refractivity contribution in [2.45, 2.75) is 25.3 Å². The first-order valence-corrected chi connectivity index (χ1v) is 5.82. The molecule has 0 saturated carbocycles. The standard InChI is InChI=1S/C12H16FN3/c13-8-5-9-10(16-7-8)6-12(11(9)14)1-3-15-4-2-12/h5,7,11,15H,1-4,6,14H2. The minimum Gasteiger partial charge on any atom is -0.323 e. The van der Waals surface area contributed by atoms with Gasteiger partial charge < -0.3 is 11.1 Å². The van der Waals surface area contributed by atoms with Crippen molar-refractivity contribution in [2.75, 3.05) is 13.1 Å². The van der Waals surface area contributed by atoms with Crippen molar-refractivity contribution in [2.24, 2.45) is 11.1 Å². The smallest absolute Gasteiger partial charge is 0.141 e. The molecule has 1 spiro atoms. The van der Waals surface area contributed by atoms with Gasteiger partial charge in [0.15, 0.2) is 0 Å². The summed E-state index contributed by atoms with van der Waals surface area (Å²) < 4.78 is 13.2. The van der Waals surface area contributed by atoms with E-state index in [1.165, 1.54) is 6.20 Å². The molecule has 1 aliphatic heterocycles. The lowest BCUT2D eigenvalue weighted by Gasteiger charge is -2.37. The highest BCUT2D eigenvalue weighted by molar-refractivity contribution is 5.33. The van der Waals surface area contributed by atoms with Crippen LogP contribution in [0.5, 0.6) is 0 Å². The van der Waals surface area contributed by atoms with Crippen molar-refractivity contribution in [3.63, 3.8) is 0 Å². The third kappa shape index (κ3) is 1.37. The van der Waals surface area contributed by atoms with Gasteiger partial charge in [-0.3, -0.25) is 4.98 Å². The Morgan fingerprint density at radius 1 is 1.44 bits per heavy atom. The van der Waals surface area contributed by atoms with E-state index in [9.17, 15) is 4.39 Å². The van der Waals surface area contributed by atoms with Crippen LogP contribution in [0.1, 0.15) is 30.1 Å². The van der Waals surface area contributed by atoms with Crippen molar-refractivity contribution in [3.8, 4) is 0 Å². The topological polar surface area (TPSA) is 50.9 Å². The molecule has 1 aliphatic carbocycles. The summed E-state index contributed by atoms with van der Waals surface area (Å²) in [4.78, 5) is 4.18. The summed E-state index contributed by atoms with van der Waals surface area (Å²) in [6.07, 6.45) is 4.33. The monoisotopic (exact) mass is 221 g/mol. The van der Waals surface area contributed by atoms with E-state index in [-0.39, 0.29) is 17.3 Å². The van der Waals surface area contributed by atoms with Crippen LogP contribution < -0.4 is 11.1 Å². The molecule has 0 radical (unpaired) electrons. The Morgan fingerprint density at radius 2 is 2.19 bits per heavy atom. The predicted octanol–water partition coefficient (Wildman–Crippen LogP) is 1.15. The van der Waals surface area contributed by atoms with Crippen LogP contribution >= 0.6 is 0 Å². The summed E-state index contributed by atoms with van der Waals surface area (Å²) in [6, 6.07) is 1.51. The van der Waals surface area contributed by atoms with E-state index in [0.717, 1.165) is 43.6 Å². The minimum absolute atomic E-state index is 0.0483. The zero-order valence-electron chi connectivity index (χ0n) is 9.17. The van der Waals surface area contributed by atoms with Gasteiger partial charge in [-0.1, -0.05) is 0 Å². The van der Waals surface area contributed by atoms with Gasteiger partial charge in [-0.15, -0.1) is 0 Å². The summed E-state index contributed by atoms with van der Waals surface area (Å²) in [6.45, 7) is 2.01. The minimum atomic E-state index is -0.278. The summed E-state index contributed by atoms with van der Waals surface area (Å²) in [5.41, 5.74) is 8.32. The number of pyridine rings is 1. The molecule has 4 heteroatoms. The summed E-state index contributed by atoms with van der Waals surface area (Å²) in [5, 5.41) is 3.34. The van der Waals surface area contributed by atoms with Gasteiger partial charge in [0.05, 0.1) is 6.20 Å². The van der Waals surface area contributed by atoms with E-state index in [1.54, 1.807) is 6.07 Å². The molecule has 1 unspecified atom stereocenters. The van der Waals surface area contributed by atoms with Crippen LogP contribution in [0.3, 0.4) is 0 Å². The van der Waals surface area contributed by atoms with E-state index in [0.29, 0.717) is 0 Å². The quantitative estimate of drug-likeness (QED) is 0.691. The highest BCUT2D eigenvalue weighted by Crippen LogP contribution is 2.49. The Balaban J connectivity index is 1.99. The van der Waals surface area contributed by atoms with Gasteiger partial charge in [0.2, 0.25) is 0 Å². The van der Waals surface area contributed by atoms with Crippen LogP contribution in [-0.2, 0) is 6.42 Å². The van der Waals surface area contributed by atoms with Gasteiger partial charge in [-0.2, -0.15) is 0 Å². The Kier molecular flexibility index (Phi) is 2.23. The molecule has 2 heterocycles. The second kappa shape index (κ2) is 3.50. The molecule has 3 nitrogen and oxygen atoms in total. The number of aromatic nitrogens is 1. The number of hydrogen-bond donors (Lipinski definition) is 2. The Hall–Kier alpha value is -1.00. The number of hydrogen-bond acceptors (Lipinski definition) is 3. The fraction of sp³-hybridized carbons (Fsp3) is 0.583. The molecule has 3 N–H and O–H groups in total. The molecule has 1 aromatic rings. The zero-order valence-corrected chi connectivity index (χ0v) is 9.17. The fourth-order valence-electron chi connectivity index (χ4n) is 3.09. The van der Waals surface area contributed by atoms with Crippen LogP contribution in [0.4, 0.5) is 4.39 Å². The number of halogens is 1. The Morgan fingerprint density at radius 3 is 2.94 bits per heavy atom. The molecule has 1 atom stereocenters. The third-order valence-corrected chi connectivity index (χ3v) is 4.08. The molecule has 1 aromatic heterocycles. The van der Waals surface area contributed by atoms with E-state index >= 15 is 0 Å². The lowest BCUT2D eigenvalue weighted by Crippen LogP contribution is -2.42. The number of fused-ring (bicyclic) bond motifs is 1. The Labute approximate surface area is 94.2 Å². The Bertz CT molecular complexity index is 413. The zero-order chi connectivity index (χ0) is 11.2. The van der Waals surface area contributed by atoms with Gasteiger partial charge in [0.1, 0.15) is 5.82 Å². The van der Waals surface area contributed by atoms with Crippen LogP contribution in [0.25, 0.3) is 0 Å². The second-order valence-corrected chi connectivity index (χ2v) is 4.96. The molecule has 1 fully saturated rings. The van der Waals surface area contributed by atoms with E-state index in [1.807, 2.05) is 0 Å². The second-order valence-electron chi connectivity index (χ2n) is 4.96. The van der Waals surface area contributed by atoms with E-state index in [4.69, 9.17) is 5.73 Å². The van der Waals surface area contributed by atoms with Crippen LogP contribution in [0, 0.1) is 11.2 Å². The van der Waals surface area contributed by atoms with Crippen molar-refractivity contribution in [3.05, 3.63) is 29.3 Å². The fourth-order valence-corrected chi connectivity index (χ4v) is 3.09. The molecular formula is C12H16FN3. The number of nitrogens with zero attached hydrogens (tertiary/aromatic N) is 1. The van der Waals surface area contributed by atoms with Gasteiger partial charge >= 0.3 is 0 Å². The van der Waals surface area contributed by atoms with Crippen LogP contribution in [0.2, 0.25) is 0 Å². The summed E-state index contributed by atoms with van der Waals surface area (Å²) >= 11 is 0. The summed E-state index contributed by atoms with van der Waals surface area (Å²) in [5.74, 6) is -0.278.